The summed E-state index contributed by atoms with van der Waals surface area (Å²) in [5.41, 5.74) is 3.57. The Kier molecular flexibility index (Phi) is 3.31. The van der Waals surface area contributed by atoms with Crippen LogP contribution in [0.25, 0.3) is 5.65 Å². The first kappa shape index (κ1) is 12.9. The number of nitrogens with zero attached hydrogens (tertiary/aromatic N) is 2. The van der Waals surface area contributed by atoms with Gasteiger partial charge in [-0.2, -0.15) is 0 Å². The topological polar surface area (TPSA) is 62.2 Å². The van der Waals surface area contributed by atoms with Crippen molar-refractivity contribution in [3.63, 3.8) is 0 Å². The fourth-order valence-electron chi connectivity index (χ4n) is 2.07. The van der Waals surface area contributed by atoms with Gasteiger partial charge in [-0.1, -0.05) is 0 Å². The van der Waals surface area contributed by atoms with Gasteiger partial charge in [0.25, 0.3) is 0 Å². The van der Waals surface area contributed by atoms with Gasteiger partial charge in [0.2, 0.25) is 5.91 Å². The van der Waals surface area contributed by atoms with Crippen LogP contribution in [-0.4, -0.2) is 20.3 Å². The van der Waals surface area contributed by atoms with Crippen molar-refractivity contribution in [3.05, 3.63) is 52.7 Å². The number of nitrogens with one attached hydrogen (secondary N) is 2. The lowest BCUT2D eigenvalue weighted by atomic mass is 10.2. The highest BCUT2D eigenvalue weighted by atomic mass is 79.9. The average molecular weight is 333 g/mol. The maximum absolute atomic E-state index is 11.9. The van der Waals surface area contributed by atoms with Crippen LogP contribution in [0.5, 0.6) is 0 Å². The number of H-pyrrole nitrogens is 1. The second kappa shape index (κ2) is 5.13. The summed E-state index contributed by atoms with van der Waals surface area (Å²) in [5.74, 6) is -0.0409. The Bertz CT molecular complexity index is 761. The minimum Gasteiger partial charge on any atom is -0.367 e. The van der Waals surface area contributed by atoms with E-state index in [1.807, 2.05) is 41.9 Å². The number of hydrogen-bond donors (Lipinski definition) is 2. The lowest BCUT2D eigenvalue weighted by Gasteiger charge is -2.05. The fraction of sp³-hybridized carbons (Fsp3) is 0.143. The second-order valence-corrected chi connectivity index (χ2v) is 5.33. The zero-order valence-corrected chi connectivity index (χ0v) is 12.4. The highest BCUT2D eigenvalue weighted by molar-refractivity contribution is 9.10. The van der Waals surface area contributed by atoms with Gasteiger partial charge in [-0.25, -0.2) is 4.98 Å². The van der Waals surface area contributed by atoms with E-state index < -0.39 is 0 Å². The van der Waals surface area contributed by atoms with Gasteiger partial charge in [0, 0.05) is 18.6 Å². The van der Waals surface area contributed by atoms with Crippen LogP contribution in [0.15, 0.2) is 41.4 Å². The van der Waals surface area contributed by atoms with E-state index in [1.54, 1.807) is 6.20 Å². The second-order valence-electron chi connectivity index (χ2n) is 4.58. The Hall–Kier alpha value is -2.08. The smallest absolute Gasteiger partial charge is 0.228 e. The minimum absolute atomic E-state index is 0.0409. The quantitative estimate of drug-likeness (QED) is 0.774. The molecule has 0 aliphatic carbocycles. The number of amides is 1. The van der Waals surface area contributed by atoms with Crippen molar-refractivity contribution in [2.24, 2.45) is 0 Å². The first-order valence-electron chi connectivity index (χ1n) is 6.19. The van der Waals surface area contributed by atoms with E-state index in [-0.39, 0.29) is 5.91 Å². The Morgan fingerprint density at radius 1 is 1.45 bits per heavy atom. The van der Waals surface area contributed by atoms with Crippen LogP contribution in [0, 0.1) is 6.92 Å². The molecular weight excluding hydrogens is 320 g/mol. The molecule has 1 amide bonds. The largest absolute Gasteiger partial charge is 0.367 e. The normalized spacial score (nSPS) is 10.9. The summed E-state index contributed by atoms with van der Waals surface area (Å²) in [4.78, 5) is 19.2. The molecule has 0 fully saturated rings. The van der Waals surface area contributed by atoms with Crippen LogP contribution in [-0.2, 0) is 11.2 Å². The van der Waals surface area contributed by atoms with E-state index in [0.717, 1.165) is 27.2 Å². The standard InChI is InChI=1S/C14H13BrN4O/c1-9-14(15)18-12-3-2-11(8-19(9)12)17-13(20)6-10-4-5-16-7-10/h2-5,7-8,16H,6H2,1H3,(H,17,20). The van der Waals surface area contributed by atoms with Gasteiger partial charge in [0.05, 0.1) is 17.8 Å². The van der Waals surface area contributed by atoms with Gasteiger partial charge in [-0.05, 0) is 46.6 Å². The van der Waals surface area contributed by atoms with E-state index in [9.17, 15) is 4.79 Å². The van der Waals surface area contributed by atoms with Crippen molar-refractivity contribution < 1.29 is 4.79 Å². The number of halogens is 1. The first-order chi connectivity index (χ1) is 9.63. The summed E-state index contributed by atoms with van der Waals surface area (Å²) >= 11 is 3.40. The molecule has 0 bridgehead atoms. The molecule has 0 atom stereocenters. The number of carbonyl (C=O) groups excluding carboxylic acids is 1. The van der Waals surface area contributed by atoms with Gasteiger partial charge in [0.1, 0.15) is 10.3 Å². The number of fused-ring (bicyclic) bond motifs is 1. The van der Waals surface area contributed by atoms with Crippen LogP contribution < -0.4 is 5.32 Å². The van der Waals surface area contributed by atoms with Gasteiger partial charge >= 0.3 is 0 Å². The summed E-state index contributed by atoms with van der Waals surface area (Å²) in [5, 5.41) is 2.89. The van der Waals surface area contributed by atoms with Crippen LogP contribution >= 0.6 is 15.9 Å². The molecule has 5 nitrogen and oxygen atoms in total. The SMILES string of the molecule is Cc1c(Br)nc2ccc(NC(=O)Cc3cc[nH]c3)cn12. The number of aromatic amines is 1. The third-order valence-corrected chi connectivity index (χ3v) is 3.86. The van der Waals surface area contributed by atoms with Gasteiger partial charge in [0.15, 0.2) is 0 Å². The molecule has 0 unspecified atom stereocenters. The minimum atomic E-state index is -0.0409. The summed E-state index contributed by atoms with van der Waals surface area (Å²) in [6, 6.07) is 5.62. The molecule has 0 aliphatic rings. The average Bonchev–Trinajstić information content (AvgIpc) is 3.00. The van der Waals surface area contributed by atoms with Crippen LogP contribution in [0.4, 0.5) is 5.69 Å². The van der Waals surface area contributed by atoms with E-state index in [0.29, 0.717) is 6.42 Å². The number of aromatic nitrogens is 3. The van der Waals surface area contributed by atoms with E-state index in [4.69, 9.17) is 0 Å². The molecule has 3 rings (SSSR count). The predicted molar refractivity (Wildman–Crippen MR) is 80.8 cm³/mol. The maximum Gasteiger partial charge on any atom is 0.228 e. The van der Waals surface area contributed by atoms with E-state index in [2.05, 4.69) is 31.2 Å². The molecule has 0 radical (unpaired) electrons. The maximum atomic E-state index is 11.9. The molecule has 20 heavy (non-hydrogen) atoms. The molecule has 6 heteroatoms. The predicted octanol–water partition coefficient (Wildman–Crippen LogP) is 2.91. The Morgan fingerprint density at radius 3 is 3.05 bits per heavy atom. The molecule has 3 aromatic heterocycles. The van der Waals surface area contributed by atoms with Crippen LogP contribution in [0.3, 0.4) is 0 Å². The highest BCUT2D eigenvalue weighted by Gasteiger charge is 2.08. The number of pyridine rings is 1. The summed E-state index contributed by atoms with van der Waals surface area (Å²) in [6.07, 6.45) is 5.85. The molecule has 0 aliphatic heterocycles. The molecule has 3 heterocycles. The fourth-order valence-corrected chi connectivity index (χ4v) is 2.44. The summed E-state index contributed by atoms with van der Waals surface area (Å²) in [7, 11) is 0. The van der Waals surface area contributed by atoms with E-state index in [1.165, 1.54) is 0 Å². The molecular formula is C14H13BrN4O. The number of anilines is 1. The third-order valence-electron chi connectivity index (χ3n) is 3.11. The number of carbonyl (C=O) groups is 1. The molecule has 2 N–H and O–H groups in total. The molecule has 0 spiro atoms. The van der Waals surface area contributed by atoms with Crippen LogP contribution in [0.2, 0.25) is 0 Å². The first-order valence-corrected chi connectivity index (χ1v) is 6.98. The van der Waals surface area contributed by atoms with Crippen molar-refractivity contribution in [2.75, 3.05) is 5.32 Å². The van der Waals surface area contributed by atoms with Crippen molar-refractivity contribution in [2.45, 2.75) is 13.3 Å². The van der Waals surface area contributed by atoms with Gasteiger partial charge in [-0.3, -0.25) is 4.79 Å². The summed E-state index contributed by atoms with van der Waals surface area (Å²) in [6.45, 7) is 1.97. The molecule has 0 aromatic carbocycles. The number of hydrogen-bond acceptors (Lipinski definition) is 2. The lowest BCUT2D eigenvalue weighted by Crippen LogP contribution is -2.14. The van der Waals surface area contributed by atoms with Crippen molar-refractivity contribution in [1.82, 2.24) is 14.4 Å². The molecule has 0 saturated heterocycles. The van der Waals surface area contributed by atoms with Crippen molar-refractivity contribution in [3.8, 4) is 0 Å². The Labute approximate surface area is 124 Å². The third kappa shape index (κ3) is 2.46. The molecule has 102 valence electrons. The van der Waals surface area contributed by atoms with Crippen LogP contribution in [0.1, 0.15) is 11.3 Å². The monoisotopic (exact) mass is 332 g/mol. The number of imidazole rings is 1. The zero-order chi connectivity index (χ0) is 14.1. The number of rotatable bonds is 3. The molecule has 0 saturated carbocycles. The molecule has 3 aromatic rings. The lowest BCUT2D eigenvalue weighted by molar-refractivity contribution is -0.115. The van der Waals surface area contributed by atoms with Gasteiger partial charge < -0.3 is 14.7 Å². The van der Waals surface area contributed by atoms with Gasteiger partial charge in [-0.15, -0.1) is 0 Å². The summed E-state index contributed by atoms with van der Waals surface area (Å²) < 4.78 is 2.75. The number of aryl methyl sites for hydroxylation is 1. The van der Waals surface area contributed by atoms with Crippen molar-refractivity contribution >= 4 is 33.2 Å². The Balaban J connectivity index is 1.80. The van der Waals surface area contributed by atoms with Crippen molar-refractivity contribution in [1.29, 1.82) is 0 Å². The zero-order valence-electron chi connectivity index (χ0n) is 10.9. The Morgan fingerprint density at radius 2 is 2.30 bits per heavy atom. The highest BCUT2D eigenvalue weighted by Crippen LogP contribution is 2.19. The van der Waals surface area contributed by atoms with E-state index >= 15 is 0 Å².